The van der Waals surface area contributed by atoms with E-state index in [1.54, 1.807) is 0 Å². The van der Waals surface area contributed by atoms with Gasteiger partial charge in [0.15, 0.2) is 0 Å². The summed E-state index contributed by atoms with van der Waals surface area (Å²) in [6.07, 6.45) is 3.45. The van der Waals surface area contributed by atoms with Crippen molar-refractivity contribution in [2.24, 2.45) is 0 Å². The molecule has 1 unspecified atom stereocenters. The van der Waals surface area contributed by atoms with Crippen LogP contribution in [0.1, 0.15) is 47.3 Å². The second-order valence-electron chi connectivity index (χ2n) is 4.91. The lowest BCUT2D eigenvalue weighted by molar-refractivity contribution is 0.920. The highest BCUT2D eigenvalue weighted by Crippen LogP contribution is 2.33. The molecule has 0 amide bonds. The van der Waals surface area contributed by atoms with Crippen LogP contribution in [0.15, 0.2) is 48.5 Å². The average molecular weight is 317 g/mol. The maximum absolute atomic E-state index is 3.85. The summed E-state index contributed by atoms with van der Waals surface area (Å²) in [5, 5.41) is 0. The predicted molar refractivity (Wildman–Crippen MR) is 87.0 cm³/mol. The van der Waals surface area contributed by atoms with Gasteiger partial charge in [0.1, 0.15) is 0 Å². The van der Waals surface area contributed by atoms with Gasteiger partial charge in [0.25, 0.3) is 0 Å². The molecule has 1 atom stereocenters. The molecule has 0 spiro atoms. The lowest BCUT2D eigenvalue weighted by Crippen LogP contribution is -1.98. The summed E-state index contributed by atoms with van der Waals surface area (Å²) in [7, 11) is 0. The van der Waals surface area contributed by atoms with E-state index in [1.807, 2.05) is 0 Å². The highest BCUT2D eigenvalue weighted by molar-refractivity contribution is 9.09. The number of benzene rings is 2. The van der Waals surface area contributed by atoms with Crippen LogP contribution in [0.25, 0.3) is 0 Å². The Kier molecular flexibility index (Phi) is 5.21. The Morgan fingerprint density at radius 2 is 1.63 bits per heavy atom. The molecule has 2 aromatic carbocycles. The highest BCUT2D eigenvalue weighted by atomic mass is 79.9. The number of hydrogen-bond acceptors (Lipinski definition) is 0. The van der Waals surface area contributed by atoms with Crippen LogP contribution < -0.4 is 0 Å². The topological polar surface area (TPSA) is 0 Å². The van der Waals surface area contributed by atoms with Crippen LogP contribution in [0.2, 0.25) is 0 Å². The maximum Gasteiger partial charge on any atom is 0.0647 e. The Bertz CT molecular complexity index is 513. The molecule has 0 fully saturated rings. The Hall–Kier alpha value is -1.08. The monoisotopic (exact) mass is 316 g/mol. The average Bonchev–Trinajstić information content (AvgIpc) is 2.47. The van der Waals surface area contributed by atoms with E-state index in [2.05, 4.69) is 78.3 Å². The molecule has 0 radical (unpaired) electrons. The lowest BCUT2D eigenvalue weighted by Gasteiger charge is -2.15. The van der Waals surface area contributed by atoms with Gasteiger partial charge in [0, 0.05) is 0 Å². The van der Waals surface area contributed by atoms with Crippen LogP contribution in [0.4, 0.5) is 0 Å². The van der Waals surface area contributed by atoms with Crippen molar-refractivity contribution < 1.29 is 0 Å². The molecule has 19 heavy (non-hydrogen) atoms. The van der Waals surface area contributed by atoms with Crippen molar-refractivity contribution in [3.63, 3.8) is 0 Å². The first kappa shape index (κ1) is 14.3. The van der Waals surface area contributed by atoms with Crippen molar-refractivity contribution in [1.82, 2.24) is 0 Å². The van der Waals surface area contributed by atoms with Crippen molar-refractivity contribution in [2.45, 2.75) is 37.9 Å². The largest absolute Gasteiger partial charge is 0.0786 e. The van der Waals surface area contributed by atoms with Gasteiger partial charge in [-0.15, -0.1) is 0 Å². The van der Waals surface area contributed by atoms with E-state index >= 15 is 0 Å². The second-order valence-corrected chi connectivity index (χ2v) is 5.82. The third-order valence-corrected chi connectivity index (χ3v) is 4.54. The number of hydrogen-bond donors (Lipinski definition) is 0. The van der Waals surface area contributed by atoms with Crippen LogP contribution in [-0.4, -0.2) is 0 Å². The molecule has 0 aliphatic carbocycles. The third-order valence-electron chi connectivity index (χ3n) is 3.52. The fourth-order valence-corrected chi connectivity index (χ4v) is 3.18. The summed E-state index contributed by atoms with van der Waals surface area (Å²) in [5.74, 6) is 0. The number of aryl methyl sites for hydroxylation is 2. The summed E-state index contributed by atoms with van der Waals surface area (Å²) in [6, 6.07) is 17.7. The van der Waals surface area contributed by atoms with E-state index < -0.39 is 0 Å². The molecule has 1 heteroatoms. The maximum atomic E-state index is 3.85. The Morgan fingerprint density at radius 1 is 0.947 bits per heavy atom. The number of rotatable bonds is 5. The van der Waals surface area contributed by atoms with Gasteiger partial charge in [0.05, 0.1) is 4.83 Å². The normalized spacial score (nSPS) is 12.4. The molecule has 0 bridgehead atoms. The van der Waals surface area contributed by atoms with E-state index in [-0.39, 0.29) is 0 Å². The summed E-state index contributed by atoms with van der Waals surface area (Å²) in [6.45, 7) is 4.43. The van der Waals surface area contributed by atoms with Crippen LogP contribution in [-0.2, 0) is 12.8 Å². The van der Waals surface area contributed by atoms with Gasteiger partial charge in [-0.05, 0) is 35.1 Å². The quantitative estimate of drug-likeness (QED) is 0.622. The predicted octanol–water partition coefficient (Wildman–Crippen LogP) is 5.69. The zero-order chi connectivity index (χ0) is 13.7. The first-order chi connectivity index (χ1) is 9.26. The van der Waals surface area contributed by atoms with Crippen LogP contribution >= 0.6 is 15.9 Å². The fraction of sp³-hybridized carbons (Fsp3) is 0.333. The zero-order valence-electron chi connectivity index (χ0n) is 11.7. The van der Waals surface area contributed by atoms with Crippen molar-refractivity contribution in [1.29, 1.82) is 0 Å². The minimum atomic E-state index is 0.291. The molecule has 0 aromatic heterocycles. The molecule has 100 valence electrons. The van der Waals surface area contributed by atoms with Gasteiger partial charge >= 0.3 is 0 Å². The van der Waals surface area contributed by atoms with Crippen molar-refractivity contribution >= 4 is 15.9 Å². The van der Waals surface area contributed by atoms with Crippen LogP contribution in [0.3, 0.4) is 0 Å². The SMILES string of the molecule is CCCc1ccc(C(Br)c2ccccc2CC)cc1. The molecule has 0 heterocycles. The Balaban J connectivity index is 2.25. The summed E-state index contributed by atoms with van der Waals surface area (Å²) >= 11 is 3.85. The van der Waals surface area contributed by atoms with E-state index in [1.165, 1.54) is 35.1 Å². The Labute approximate surface area is 125 Å². The van der Waals surface area contributed by atoms with Crippen molar-refractivity contribution in [3.8, 4) is 0 Å². The van der Waals surface area contributed by atoms with E-state index in [4.69, 9.17) is 0 Å². The molecular weight excluding hydrogens is 296 g/mol. The lowest BCUT2D eigenvalue weighted by atomic mass is 9.97. The standard InChI is InChI=1S/C18H21Br/c1-3-7-14-10-12-16(13-11-14)18(19)17-9-6-5-8-15(17)4-2/h5-6,8-13,18H,3-4,7H2,1-2H3. The van der Waals surface area contributed by atoms with Crippen LogP contribution in [0.5, 0.6) is 0 Å². The van der Waals surface area contributed by atoms with Gasteiger partial charge in [-0.3, -0.25) is 0 Å². The molecule has 0 aliphatic heterocycles. The van der Waals surface area contributed by atoms with Gasteiger partial charge in [-0.25, -0.2) is 0 Å². The third kappa shape index (κ3) is 3.48. The van der Waals surface area contributed by atoms with Gasteiger partial charge < -0.3 is 0 Å². The molecule has 0 N–H and O–H groups in total. The Morgan fingerprint density at radius 3 is 2.26 bits per heavy atom. The van der Waals surface area contributed by atoms with Gasteiger partial charge in [-0.1, -0.05) is 84.7 Å². The molecule has 2 rings (SSSR count). The first-order valence-electron chi connectivity index (χ1n) is 7.07. The van der Waals surface area contributed by atoms with E-state index in [0.29, 0.717) is 4.83 Å². The highest BCUT2D eigenvalue weighted by Gasteiger charge is 2.12. The number of alkyl halides is 1. The molecule has 0 aliphatic rings. The first-order valence-corrected chi connectivity index (χ1v) is 7.98. The van der Waals surface area contributed by atoms with Crippen molar-refractivity contribution in [2.75, 3.05) is 0 Å². The van der Waals surface area contributed by atoms with E-state index in [0.717, 1.165) is 6.42 Å². The van der Waals surface area contributed by atoms with Gasteiger partial charge in [0.2, 0.25) is 0 Å². The second kappa shape index (κ2) is 6.91. The molecule has 0 saturated carbocycles. The summed E-state index contributed by atoms with van der Waals surface area (Å²) in [4.78, 5) is 0.291. The van der Waals surface area contributed by atoms with Crippen LogP contribution in [0, 0.1) is 0 Å². The van der Waals surface area contributed by atoms with Crippen molar-refractivity contribution in [3.05, 3.63) is 70.8 Å². The molecule has 2 aromatic rings. The summed E-state index contributed by atoms with van der Waals surface area (Å²) < 4.78 is 0. The fourth-order valence-electron chi connectivity index (χ4n) is 2.42. The minimum absolute atomic E-state index is 0.291. The van der Waals surface area contributed by atoms with Gasteiger partial charge in [-0.2, -0.15) is 0 Å². The van der Waals surface area contributed by atoms with E-state index in [9.17, 15) is 0 Å². The molecule has 0 saturated heterocycles. The minimum Gasteiger partial charge on any atom is -0.0786 e. The summed E-state index contributed by atoms with van der Waals surface area (Å²) in [5.41, 5.74) is 5.56. The molecular formula is C18H21Br. The zero-order valence-corrected chi connectivity index (χ0v) is 13.3. The molecule has 0 nitrogen and oxygen atoms in total. The number of halogens is 1. The smallest absolute Gasteiger partial charge is 0.0647 e.